The molecule has 1 radical (unpaired) electrons. The zero-order valence-corrected chi connectivity index (χ0v) is 6.66. The van der Waals surface area contributed by atoms with Crippen LogP contribution in [0.2, 0.25) is 0 Å². The number of nitrogens with zero attached hydrogens (tertiary/aromatic N) is 2. The van der Waals surface area contributed by atoms with Crippen molar-refractivity contribution >= 4 is 0 Å². The lowest BCUT2D eigenvalue weighted by Gasteiger charge is -2.27. The molecule has 0 amide bonds. The van der Waals surface area contributed by atoms with Gasteiger partial charge < -0.3 is 5.01 Å². The van der Waals surface area contributed by atoms with Crippen LogP contribution in [0, 0.1) is 0 Å². The second kappa shape index (κ2) is 2.60. The van der Waals surface area contributed by atoms with Crippen LogP contribution in [-0.4, -0.2) is 29.8 Å². The van der Waals surface area contributed by atoms with Crippen LogP contribution in [0.3, 0.4) is 0 Å². The van der Waals surface area contributed by atoms with Crippen LogP contribution < -0.4 is 0 Å². The minimum atomic E-state index is -0.161. The molecule has 0 aromatic carbocycles. The third kappa shape index (κ3) is 1.02. The van der Waals surface area contributed by atoms with E-state index in [0.717, 1.165) is 5.70 Å². The fourth-order valence-corrected chi connectivity index (χ4v) is 1.22. The van der Waals surface area contributed by atoms with Crippen LogP contribution in [0.5, 0.6) is 0 Å². The quantitative estimate of drug-likeness (QED) is 0.540. The summed E-state index contributed by atoms with van der Waals surface area (Å²) in [5.74, 6) is 0. The number of hydrogen-bond acceptors (Lipinski definition) is 2. The van der Waals surface area contributed by atoms with Gasteiger partial charge in [-0.2, -0.15) is 5.01 Å². The van der Waals surface area contributed by atoms with Gasteiger partial charge in [-0.15, -0.1) is 0 Å². The Kier molecular flexibility index (Phi) is 1.97. The van der Waals surface area contributed by atoms with Crippen molar-refractivity contribution in [1.29, 1.82) is 0 Å². The Balaban J connectivity index is 2.66. The lowest BCUT2D eigenvalue weighted by molar-refractivity contribution is -0.0677. The lowest BCUT2D eigenvalue weighted by atomic mass is 10.3. The Morgan fingerprint density at radius 2 is 2.30 bits per heavy atom. The van der Waals surface area contributed by atoms with Gasteiger partial charge in [0.1, 0.15) is 0 Å². The molecular weight excluding hydrogens is 128 g/mol. The Labute approximate surface area is 61.5 Å². The summed E-state index contributed by atoms with van der Waals surface area (Å²) in [6.45, 7) is 3.86. The number of hydrogen-bond donors (Lipinski definition) is 0. The molecule has 0 saturated carbocycles. The summed E-state index contributed by atoms with van der Waals surface area (Å²) in [4.78, 5) is 0. The first kappa shape index (κ1) is 7.57. The van der Waals surface area contributed by atoms with Crippen molar-refractivity contribution < 1.29 is 5.11 Å². The molecule has 0 spiro atoms. The van der Waals surface area contributed by atoms with Gasteiger partial charge in [-0.05, 0) is 19.9 Å². The SMILES string of the molecule is CC1=CC(C)N(C[O])N1C. The molecule has 0 aromatic heterocycles. The Hall–Kier alpha value is -0.540. The van der Waals surface area contributed by atoms with Gasteiger partial charge in [0.15, 0.2) is 6.73 Å². The van der Waals surface area contributed by atoms with E-state index in [-0.39, 0.29) is 12.8 Å². The van der Waals surface area contributed by atoms with Crippen LogP contribution in [0.15, 0.2) is 11.8 Å². The summed E-state index contributed by atoms with van der Waals surface area (Å²) < 4.78 is 0. The van der Waals surface area contributed by atoms with Gasteiger partial charge in [0, 0.05) is 18.8 Å². The van der Waals surface area contributed by atoms with Crippen LogP contribution in [0.25, 0.3) is 0 Å². The first-order valence-electron chi connectivity index (χ1n) is 3.43. The van der Waals surface area contributed by atoms with Gasteiger partial charge in [-0.25, -0.2) is 5.11 Å². The highest BCUT2D eigenvalue weighted by atomic mass is 16.3. The average Bonchev–Trinajstić information content (AvgIpc) is 2.09. The summed E-state index contributed by atoms with van der Waals surface area (Å²) in [6, 6.07) is 0.266. The standard InChI is InChI=1S/C7H13N2O/c1-6-4-7(2)9(5-10)8(6)3/h4,7H,5H2,1-3H3. The molecule has 10 heavy (non-hydrogen) atoms. The van der Waals surface area contributed by atoms with E-state index in [1.807, 2.05) is 25.9 Å². The number of hydrazine groups is 1. The smallest absolute Gasteiger partial charge is 0.152 e. The maximum absolute atomic E-state index is 10.5. The average molecular weight is 141 g/mol. The lowest BCUT2D eigenvalue weighted by Crippen LogP contribution is -2.38. The summed E-state index contributed by atoms with van der Waals surface area (Å²) in [6.07, 6.45) is 2.08. The van der Waals surface area contributed by atoms with Crippen molar-refractivity contribution in [3.63, 3.8) is 0 Å². The fraction of sp³-hybridized carbons (Fsp3) is 0.714. The van der Waals surface area contributed by atoms with E-state index in [1.165, 1.54) is 0 Å². The fourth-order valence-electron chi connectivity index (χ4n) is 1.22. The highest BCUT2D eigenvalue weighted by Gasteiger charge is 2.22. The summed E-state index contributed by atoms with van der Waals surface area (Å²) in [5, 5.41) is 14.2. The van der Waals surface area contributed by atoms with E-state index >= 15 is 0 Å². The van der Waals surface area contributed by atoms with Crippen LogP contribution in [0.4, 0.5) is 0 Å². The second-order valence-corrected chi connectivity index (χ2v) is 2.64. The zero-order chi connectivity index (χ0) is 7.72. The highest BCUT2D eigenvalue weighted by Crippen LogP contribution is 2.18. The van der Waals surface area contributed by atoms with Crippen LogP contribution in [-0.2, 0) is 5.11 Å². The van der Waals surface area contributed by atoms with E-state index < -0.39 is 0 Å². The highest BCUT2D eigenvalue weighted by molar-refractivity contribution is 5.07. The first-order chi connectivity index (χ1) is 4.66. The van der Waals surface area contributed by atoms with Gasteiger partial charge in [-0.3, -0.25) is 0 Å². The maximum atomic E-state index is 10.5. The normalized spacial score (nSPS) is 27.4. The summed E-state index contributed by atoms with van der Waals surface area (Å²) in [7, 11) is 1.91. The summed E-state index contributed by atoms with van der Waals surface area (Å²) in [5.41, 5.74) is 1.16. The molecule has 0 saturated heterocycles. The molecule has 1 aliphatic rings. The molecule has 0 N–H and O–H groups in total. The van der Waals surface area contributed by atoms with Crippen LogP contribution >= 0.6 is 0 Å². The van der Waals surface area contributed by atoms with E-state index in [1.54, 1.807) is 5.01 Å². The van der Waals surface area contributed by atoms with Crippen molar-refractivity contribution in [3.05, 3.63) is 11.8 Å². The molecule has 57 valence electrons. The zero-order valence-electron chi connectivity index (χ0n) is 6.66. The van der Waals surface area contributed by atoms with Gasteiger partial charge in [0.25, 0.3) is 0 Å². The second-order valence-electron chi connectivity index (χ2n) is 2.64. The Bertz CT molecular complexity index is 156. The van der Waals surface area contributed by atoms with E-state index in [0.29, 0.717) is 0 Å². The maximum Gasteiger partial charge on any atom is 0.152 e. The monoisotopic (exact) mass is 141 g/mol. The molecule has 1 unspecified atom stereocenters. The van der Waals surface area contributed by atoms with Crippen molar-refractivity contribution in [1.82, 2.24) is 10.0 Å². The molecule has 1 heterocycles. The van der Waals surface area contributed by atoms with Gasteiger partial charge in [0.2, 0.25) is 0 Å². The van der Waals surface area contributed by atoms with Gasteiger partial charge in [-0.1, -0.05) is 0 Å². The molecule has 3 heteroatoms. The predicted octanol–water partition coefficient (Wildman–Crippen LogP) is 0.829. The molecule has 1 atom stereocenters. The van der Waals surface area contributed by atoms with Crippen molar-refractivity contribution in [3.8, 4) is 0 Å². The minimum Gasteiger partial charge on any atom is -0.311 e. The van der Waals surface area contributed by atoms with Crippen LogP contribution in [0.1, 0.15) is 13.8 Å². The van der Waals surface area contributed by atoms with Crippen molar-refractivity contribution in [2.45, 2.75) is 19.9 Å². The molecule has 1 aliphatic heterocycles. The van der Waals surface area contributed by atoms with Crippen molar-refractivity contribution in [2.75, 3.05) is 13.8 Å². The molecule has 3 nitrogen and oxygen atoms in total. The molecule has 1 rings (SSSR count). The van der Waals surface area contributed by atoms with Gasteiger partial charge in [0.05, 0.1) is 0 Å². The minimum absolute atomic E-state index is 0.161. The molecule has 0 aromatic rings. The van der Waals surface area contributed by atoms with Gasteiger partial charge >= 0.3 is 0 Å². The Morgan fingerprint density at radius 3 is 2.50 bits per heavy atom. The van der Waals surface area contributed by atoms with E-state index in [9.17, 15) is 5.11 Å². The topological polar surface area (TPSA) is 26.4 Å². The Morgan fingerprint density at radius 1 is 1.70 bits per heavy atom. The molecule has 0 fully saturated rings. The van der Waals surface area contributed by atoms with E-state index in [4.69, 9.17) is 0 Å². The number of allylic oxidation sites excluding steroid dienone is 1. The molecule has 0 bridgehead atoms. The third-order valence-electron chi connectivity index (χ3n) is 1.98. The third-order valence-corrected chi connectivity index (χ3v) is 1.98. The van der Waals surface area contributed by atoms with Crippen molar-refractivity contribution in [2.24, 2.45) is 0 Å². The molecular formula is C7H13N2O. The number of rotatable bonds is 1. The summed E-state index contributed by atoms with van der Waals surface area (Å²) >= 11 is 0. The predicted molar refractivity (Wildman–Crippen MR) is 38.4 cm³/mol. The molecule has 0 aliphatic carbocycles. The first-order valence-corrected chi connectivity index (χ1v) is 3.43. The van der Waals surface area contributed by atoms with E-state index in [2.05, 4.69) is 6.08 Å². The largest absolute Gasteiger partial charge is 0.311 e.